The van der Waals surface area contributed by atoms with Crippen LogP contribution in [0.1, 0.15) is 20.8 Å². The molecule has 0 aliphatic heterocycles. The number of hydrogen-bond acceptors (Lipinski definition) is 2. The molecule has 0 saturated carbocycles. The summed E-state index contributed by atoms with van der Waals surface area (Å²) in [4.78, 5) is 22.6. The Morgan fingerprint density at radius 2 is 1.53 bits per heavy atom. The minimum atomic E-state index is -1.87. The molecule has 1 aromatic carbocycles. The van der Waals surface area contributed by atoms with Crippen LogP contribution in [0.25, 0.3) is 0 Å². The number of rotatable bonds is 4. The normalized spacial score (nSPS) is 10.8. The van der Waals surface area contributed by atoms with Crippen LogP contribution < -0.4 is 51.4 Å². The van der Waals surface area contributed by atoms with Crippen molar-refractivity contribution in [2.75, 3.05) is 0 Å². The minimum Gasteiger partial charge on any atom is -1.00 e. The Morgan fingerprint density at radius 1 is 1.12 bits per heavy atom. The molecule has 0 aliphatic rings. The Bertz CT molecular complexity index is 392. The van der Waals surface area contributed by atoms with Gasteiger partial charge >= 0.3 is 63.3 Å². The first-order valence-electron chi connectivity index (χ1n) is 4.96. The van der Waals surface area contributed by atoms with Gasteiger partial charge in [0.15, 0.2) is 5.41 Å². The number of benzene rings is 1. The van der Waals surface area contributed by atoms with E-state index < -0.39 is 23.3 Å². The topological polar surface area (TPSA) is 74.6 Å². The molecule has 88 valence electrons. The van der Waals surface area contributed by atoms with Gasteiger partial charge in [0.2, 0.25) is 0 Å². The Balaban J connectivity index is 0. The maximum Gasteiger partial charge on any atom is 1.00 e. The van der Waals surface area contributed by atoms with Gasteiger partial charge in [-0.15, -0.1) is 0 Å². The second kappa shape index (κ2) is 6.65. The predicted molar refractivity (Wildman–Crippen MR) is 59.3 cm³/mol. The van der Waals surface area contributed by atoms with Crippen LogP contribution in [0.15, 0.2) is 30.3 Å². The van der Waals surface area contributed by atoms with Crippen LogP contribution in [0.4, 0.5) is 0 Å². The third-order valence-corrected chi connectivity index (χ3v) is 2.77. The molecule has 0 spiro atoms. The summed E-state index contributed by atoms with van der Waals surface area (Å²) in [5.41, 5.74) is -1.58. The Labute approximate surface area is 144 Å². The molecule has 0 unspecified atom stereocenters. The maximum atomic E-state index is 11.3. The van der Waals surface area contributed by atoms with Crippen LogP contribution in [0.3, 0.4) is 0 Å². The molecule has 0 bridgehead atoms. The molecule has 0 aliphatic carbocycles. The molecule has 0 heterocycles. The monoisotopic (exact) mass is 262 g/mol. The molecule has 4 nitrogen and oxygen atoms in total. The maximum absolute atomic E-state index is 11.3. The Hall–Kier alpha value is -0.204. The molecule has 0 aromatic heterocycles. The van der Waals surface area contributed by atoms with Crippen molar-refractivity contribution in [1.29, 1.82) is 0 Å². The summed E-state index contributed by atoms with van der Waals surface area (Å²) in [6.45, 7) is 3.18. The number of carbonyl (C=O) groups is 2. The summed E-state index contributed by atoms with van der Waals surface area (Å²) < 4.78 is 0. The molecule has 0 amide bonds. The van der Waals surface area contributed by atoms with Crippen molar-refractivity contribution in [2.24, 2.45) is 5.92 Å². The second-order valence-corrected chi connectivity index (χ2v) is 3.94. The summed E-state index contributed by atoms with van der Waals surface area (Å²) in [6.07, 6.45) is 0. The predicted octanol–water partition coefficient (Wildman–Crippen LogP) is -1.13. The van der Waals surface area contributed by atoms with Gasteiger partial charge in [0.25, 0.3) is 0 Å². The van der Waals surface area contributed by atoms with E-state index in [1.807, 2.05) is 0 Å². The van der Waals surface area contributed by atoms with Crippen LogP contribution in [0.5, 0.6) is 0 Å². The van der Waals surface area contributed by atoms with E-state index in [0.29, 0.717) is 5.56 Å². The van der Waals surface area contributed by atoms with E-state index in [-0.39, 0.29) is 52.8 Å². The Kier molecular flexibility index (Phi) is 6.58. The van der Waals surface area contributed by atoms with E-state index in [4.69, 9.17) is 0 Å². The fourth-order valence-electron chi connectivity index (χ4n) is 1.87. The number of aliphatic carboxylic acids is 2. The van der Waals surface area contributed by atoms with Crippen LogP contribution in [0.2, 0.25) is 0 Å². The summed E-state index contributed by atoms with van der Waals surface area (Å²) in [7, 11) is 0. The largest absolute Gasteiger partial charge is 1.00 e. The van der Waals surface area contributed by atoms with E-state index in [1.165, 1.54) is 12.1 Å². The van der Waals surface area contributed by atoms with Gasteiger partial charge in [-0.05, 0) is 11.5 Å². The van der Waals surface area contributed by atoms with Crippen molar-refractivity contribution in [2.45, 2.75) is 19.3 Å². The molecule has 1 rings (SSSR count). The SMILES string of the molecule is CC(C)C(C(=O)O)(C(=O)O)c1ccccc1.[H-].[K+]. The zero-order valence-corrected chi connectivity index (χ0v) is 13.3. The smallest absolute Gasteiger partial charge is 1.00 e. The molecular weight excluding hydrogens is 247 g/mol. The quantitative estimate of drug-likeness (QED) is 0.532. The summed E-state index contributed by atoms with van der Waals surface area (Å²) in [5.74, 6) is -3.20. The van der Waals surface area contributed by atoms with Crippen molar-refractivity contribution in [1.82, 2.24) is 0 Å². The van der Waals surface area contributed by atoms with E-state index in [9.17, 15) is 19.8 Å². The average molecular weight is 262 g/mol. The molecule has 0 atom stereocenters. The molecule has 0 fully saturated rings. The van der Waals surface area contributed by atoms with E-state index in [1.54, 1.807) is 32.0 Å². The van der Waals surface area contributed by atoms with Gasteiger partial charge in [0.05, 0.1) is 0 Å². The van der Waals surface area contributed by atoms with Crippen LogP contribution in [0, 0.1) is 5.92 Å². The zero-order chi connectivity index (χ0) is 12.3. The van der Waals surface area contributed by atoms with Crippen LogP contribution in [-0.2, 0) is 15.0 Å². The van der Waals surface area contributed by atoms with Crippen LogP contribution >= 0.6 is 0 Å². The summed E-state index contributed by atoms with van der Waals surface area (Å²) in [5, 5.41) is 18.5. The van der Waals surface area contributed by atoms with E-state index in [2.05, 4.69) is 0 Å². The fourth-order valence-corrected chi connectivity index (χ4v) is 1.87. The van der Waals surface area contributed by atoms with Crippen LogP contribution in [-0.4, -0.2) is 22.2 Å². The van der Waals surface area contributed by atoms with Gasteiger partial charge in [0, 0.05) is 0 Å². The van der Waals surface area contributed by atoms with Gasteiger partial charge in [-0.25, -0.2) is 0 Å². The first-order valence-corrected chi connectivity index (χ1v) is 4.96. The molecule has 0 saturated heterocycles. The summed E-state index contributed by atoms with van der Waals surface area (Å²) in [6, 6.07) is 8.06. The van der Waals surface area contributed by atoms with Gasteiger partial charge in [-0.3, -0.25) is 9.59 Å². The number of carboxylic acid groups (broad SMARTS) is 2. The molecule has 0 radical (unpaired) electrons. The standard InChI is InChI=1S/C12H14O4.K.H/c1-8(2)12(10(13)14,11(15)16)9-6-4-3-5-7-9;;/h3-8H,1-2H3,(H,13,14)(H,15,16);;/q;+1;-1. The summed E-state index contributed by atoms with van der Waals surface area (Å²) >= 11 is 0. The van der Waals surface area contributed by atoms with E-state index in [0.717, 1.165) is 0 Å². The number of carboxylic acids is 2. The van der Waals surface area contributed by atoms with Gasteiger partial charge in [-0.2, -0.15) is 0 Å². The fraction of sp³-hybridized carbons (Fsp3) is 0.333. The minimum absolute atomic E-state index is 0. The van der Waals surface area contributed by atoms with Gasteiger partial charge < -0.3 is 11.6 Å². The third kappa shape index (κ3) is 2.97. The first-order chi connectivity index (χ1) is 7.44. The average Bonchev–Trinajstić information content (AvgIpc) is 2.18. The third-order valence-electron chi connectivity index (χ3n) is 2.77. The zero-order valence-electron chi connectivity index (χ0n) is 11.2. The Morgan fingerprint density at radius 3 is 1.82 bits per heavy atom. The first kappa shape index (κ1) is 16.8. The molecule has 1 aromatic rings. The molecular formula is C12H15KO4. The van der Waals surface area contributed by atoms with Gasteiger partial charge in [0.1, 0.15) is 0 Å². The molecule has 5 heteroatoms. The van der Waals surface area contributed by atoms with Crippen molar-refractivity contribution >= 4 is 11.9 Å². The van der Waals surface area contributed by atoms with Crippen molar-refractivity contribution in [3.8, 4) is 0 Å². The second-order valence-electron chi connectivity index (χ2n) is 3.94. The van der Waals surface area contributed by atoms with Crippen molar-refractivity contribution in [3.63, 3.8) is 0 Å². The molecule has 2 N–H and O–H groups in total. The van der Waals surface area contributed by atoms with E-state index >= 15 is 0 Å². The van der Waals surface area contributed by atoms with Crippen molar-refractivity contribution < 1.29 is 72.6 Å². The number of hydrogen-bond donors (Lipinski definition) is 2. The van der Waals surface area contributed by atoms with Gasteiger partial charge in [-0.1, -0.05) is 44.2 Å². The van der Waals surface area contributed by atoms with Crippen molar-refractivity contribution in [3.05, 3.63) is 35.9 Å². The molecule has 17 heavy (non-hydrogen) atoms.